The van der Waals surface area contributed by atoms with Crippen molar-refractivity contribution in [3.8, 4) is 5.75 Å². The van der Waals surface area contributed by atoms with Crippen molar-refractivity contribution in [3.05, 3.63) is 18.0 Å². The summed E-state index contributed by atoms with van der Waals surface area (Å²) in [5.41, 5.74) is -0.786. The minimum Gasteiger partial charge on any atom is -0.488 e. The molecule has 0 unspecified atom stereocenters. The van der Waals surface area contributed by atoms with Crippen molar-refractivity contribution in [2.45, 2.75) is 30.0 Å². The molecule has 0 spiro atoms. The van der Waals surface area contributed by atoms with Crippen LogP contribution in [-0.4, -0.2) is 17.3 Å². The van der Waals surface area contributed by atoms with Crippen molar-refractivity contribution in [1.29, 1.82) is 0 Å². The molecular formula is C10H10F3NOS. The number of rotatable bonds is 3. The van der Waals surface area contributed by atoms with Crippen LogP contribution in [-0.2, 0) is 6.18 Å². The van der Waals surface area contributed by atoms with Crippen LogP contribution in [0.1, 0.15) is 18.4 Å². The molecule has 0 aromatic carbocycles. The van der Waals surface area contributed by atoms with Crippen LogP contribution in [0.2, 0.25) is 0 Å². The third-order valence-electron chi connectivity index (χ3n) is 2.20. The Hall–Kier alpha value is -0.910. The average Bonchev–Trinajstić information content (AvgIpc) is 3.00. The number of pyridine rings is 1. The summed E-state index contributed by atoms with van der Waals surface area (Å²) in [5, 5.41) is 0. The maximum atomic E-state index is 12.7. The molecule has 88 valence electrons. The highest BCUT2D eigenvalue weighted by Crippen LogP contribution is 2.42. The number of thioether (sulfide) groups is 1. The fourth-order valence-corrected chi connectivity index (χ4v) is 1.76. The second kappa shape index (κ2) is 4.16. The van der Waals surface area contributed by atoms with Gasteiger partial charge in [-0.25, -0.2) is 0 Å². The Morgan fingerprint density at radius 3 is 2.56 bits per heavy atom. The van der Waals surface area contributed by atoms with Gasteiger partial charge in [-0.1, -0.05) is 0 Å². The monoisotopic (exact) mass is 249 g/mol. The van der Waals surface area contributed by atoms with Crippen molar-refractivity contribution in [1.82, 2.24) is 4.98 Å². The predicted molar refractivity (Wildman–Crippen MR) is 54.7 cm³/mol. The van der Waals surface area contributed by atoms with Crippen LogP contribution >= 0.6 is 11.8 Å². The van der Waals surface area contributed by atoms with Crippen LogP contribution in [0.4, 0.5) is 13.2 Å². The van der Waals surface area contributed by atoms with Gasteiger partial charge in [-0.05, 0) is 19.1 Å². The first-order valence-electron chi connectivity index (χ1n) is 4.78. The molecule has 16 heavy (non-hydrogen) atoms. The lowest BCUT2D eigenvalue weighted by molar-refractivity contribution is -0.139. The highest BCUT2D eigenvalue weighted by Gasteiger charge is 2.38. The maximum Gasteiger partial charge on any atom is 0.421 e. The van der Waals surface area contributed by atoms with Crippen LogP contribution in [0.3, 0.4) is 0 Å². The molecule has 0 radical (unpaired) electrons. The Morgan fingerprint density at radius 1 is 1.38 bits per heavy atom. The molecule has 0 saturated heterocycles. The lowest BCUT2D eigenvalue weighted by Gasteiger charge is -2.15. The van der Waals surface area contributed by atoms with E-state index >= 15 is 0 Å². The molecule has 1 fully saturated rings. The summed E-state index contributed by atoms with van der Waals surface area (Å²) in [6.45, 7) is 0. The maximum absolute atomic E-state index is 12.7. The zero-order valence-electron chi connectivity index (χ0n) is 8.54. The van der Waals surface area contributed by atoms with E-state index in [1.54, 1.807) is 6.26 Å². The first kappa shape index (κ1) is 11.6. The molecule has 1 aromatic heterocycles. The number of nitrogens with zero attached hydrogens (tertiary/aromatic N) is 1. The Bertz CT molecular complexity index is 390. The van der Waals surface area contributed by atoms with Crippen molar-refractivity contribution < 1.29 is 17.9 Å². The fourth-order valence-electron chi connectivity index (χ4n) is 1.25. The van der Waals surface area contributed by atoms with Gasteiger partial charge in [-0.2, -0.15) is 13.2 Å². The largest absolute Gasteiger partial charge is 0.488 e. The number of aromatic nitrogens is 1. The summed E-state index contributed by atoms with van der Waals surface area (Å²) in [6.07, 6.45) is 1.10. The third kappa shape index (κ3) is 2.42. The Kier molecular flexibility index (Phi) is 3.01. The van der Waals surface area contributed by atoms with Gasteiger partial charge in [-0.3, -0.25) is 4.98 Å². The van der Waals surface area contributed by atoms with E-state index in [0.29, 0.717) is 4.90 Å². The summed E-state index contributed by atoms with van der Waals surface area (Å²) in [7, 11) is 0. The molecular weight excluding hydrogens is 239 g/mol. The fraction of sp³-hybridized carbons (Fsp3) is 0.500. The molecule has 2 rings (SSSR count). The van der Waals surface area contributed by atoms with E-state index in [9.17, 15) is 13.2 Å². The normalized spacial score (nSPS) is 16.2. The summed E-state index contributed by atoms with van der Waals surface area (Å²) >= 11 is 1.21. The Balaban J connectivity index is 2.41. The van der Waals surface area contributed by atoms with Crippen LogP contribution in [0.5, 0.6) is 5.75 Å². The Morgan fingerprint density at radius 2 is 2.06 bits per heavy atom. The SMILES string of the molecule is CSc1cncc(C(F)(F)F)c1OC1CC1. The van der Waals surface area contributed by atoms with Gasteiger partial charge in [0.2, 0.25) is 0 Å². The number of hydrogen-bond acceptors (Lipinski definition) is 3. The zero-order valence-corrected chi connectivity index (χ0v) is 9.36. The molecule has 1 saturated carbocycles. The molecule has 0 bridgehead atoms. The quantitative estimate of drug-likeness (QED) is 0.767. The van der Waals surface area contributed by atoms with E-state index < -0.39 is 11.7 Å². The lowest BCUT2D eigenvalue weighted by atomic mass is 10.2. The molecule has 6 heteroatoms. The topological polar surface area (TPSA) is 22.1 Å². The number of alkyl halides is 3. The minimum atomic E-state index is -4.41. The predicted octanol–water partition coefficient (Wildman–Crippen LogP) is 3.36. The van der Waals surface area contributed by atoms with Crippen molar-refractivity contribution in [3.63, 3.8) is 0 Å². The van der Waals surface area contributed by atoms with Crippen LogP contribution in [0.15, 0.2) is 17.3 Å². The van der Waals surface area contributed by atoms with E-state index in [4.69, 9.17) is 4.74 Å². The van der Waals surface area contributed by atoms with Crippen molar-refractivity contribution in [2.24, 2.45) is 0 Å². The molecule has 1 heterocycles. The number of ether oxygens (including phenoxy) is 1. The van der Waals surface area contributed by atoms with E-state index in [1.807, 2.05) is 0 Å². The van der Waals surface area contributed by atoms with Crippen LogP contribution < -0.4 is 4.74 Å². The van der Waals surface area contributed by atoms with Gasteiger partial charge < -0.3 is 4.74 Å². The summed E-state index contributed by atoms with van der Waals surface area (Å²) in [5.74, 6) is -0.0718. The lowest BCUT2D eigenvalue weighted by Crippen LogP contribution is -2.11. The van der Waals surface area contributed by atoms with Gasteiger partial charge in [0.05, 0.1) is 11.0 Å². The molecule has 0 aliphatic heterocycles. The molecule has 1 aliphatic rings. The highest BCUT2D eigenvalue weighted by atomic mass is 32.2. The van der Waals surface area contributed by atoms with Crippen LogP contribution in [0, 0.1) is 0 Å². The number of hydrogen-bond donors (Lipinski definition) is 0. The van der Waals surface area contributed by atoms with E-state index in [1.165, 1.54) is 18.0 Å². The van der Waals surface area contributed by atoms with Crippen LogP contribution in [0.25, 0.3) is 0 Å². The molecule has 2 nitrogen and oxygen atoms in total. The molecule has 0 atom stereocenters. The average molecular weight is 249 g/mol. The smallest absolute Gasteiger partial charge is 0.421 e. The van der Waals surface area contributed by atoms with E-state index in [0.717, 1.165) is 19.0 Å². The van der Waals surface area contributed by atoms with Gasteiger partial charge in [0.15, 0.2) is 0 Å². The number of halogens is 3. The van der Waals surface area contributed by atoms with E-state index in [2.05, 4.69) is 4.98 Å². The standard InChI is InChI=1S/C10H10F3NOS/c1-16-8-5-14-4-7(10(11,12)13)9(8)15-6-2-3-6/h4-6H,2-3H2,1H3. The zero-order chi connectivity index (χ0) is 11.8. The first-order valence-corrected chi connectivity index (χ1v) is 6.00. The second-order valence-corrected chi connectivity index (χ2v) is 4.38. The second-order valence-electron chi connectivity index (χ2n) is 3.53. The molecule has 1 aliphatic carbocycles. The first-order chi connectivity index (χ1) is 7.52. The van der Waals surface area contributed by atoms with E-state index in [-0.39, 0.29) is 11.9 Å². The summed E-state index contributed by atoms with van der Waals surface area (Å²) in [6, 6.07) is 0. The van der Waals surface area contributed by atoms with Gasteiger partial charge in [-0.15, -0.1) is 11.8 Å². The summed E-state index contributed by atoms with van der Waals surface area (Å²) in [4.78, 5) is 4.02. The van der Waals surface area contributed by atoms with Gasteiger partial charge in [0, 0.05) is 12.4 Å². The molecule has 0 N–H and O–H groups in total. The Labute approximate surface area is 95.2 Å². The molecule has 1 aromatic rings. The van der Waals surface area contributed by atoms with Gasteiger partial charge >= 0.3 is 6.18 Å². The van der Waals surface area contributed by atoms with Gasteiger partial charge in [0.25, 0.3) is 0 Å². The third-order valence-corrected chi connectivity index (χ3v) is 2.93. The van der Waals surface area contributed by atoms with Gasteiger partial charge in [0.1, 0.15) is 11.3 Å². The summed E-state index contributed by atoms with van der Waals surface area (Å²) < 4.78 is 43.4. The molecule has 0 amide bonds. The van der Waals surface area contributed by atoms with Crippen molar-refractivity contribution >= 4 is 11.8 Å². The minimum absolute atomic E-state index is 0.0607. The van der Waals surface area contributed by atoms with Crippen molar-refractivity contribution in [2.75, 3.05) is 6.26 Å². The highest BCUT2D eigenvalue weighted by molar-refractivity contribution is 7.98.